The average Bonchev–Trinajstić information content (AvgIpc) is 2.75. The van der Waals surface area contributed by atoms with E-state index in [4.69, 9.17) is 5.73 Å². The number of nitrogens with zero attached hydrogens (tertiary/aromatic N) is 1. The van der Waals surface area contributed by atoms with Crippen LogP contribution in [0.3, 0.4) is 0 Å². The van der Waals surface area contributed by atoms with Crippen LogP contribution in [0.25, 0.3) is 0 Å². The molecule has 3 fully saturated rings. The third-order valence-corrected chi connectivity index (χ3v) is 5.76. The van der Waals surface area contributed by atoms with Crippen molar-refractivity contribution in [3.05, 3.63) is 0 Å². The quantitative estimate of drug-likeness (QED) is 0.806. The molecule has 1 amide bonds. The number of carbonyl (C=O) groups is 1. The maximum absolute atomic E-state index is 12.5. The summed E-state index contributed by atoms with van der Waals surface area (Å²) >= 11 is 0. The standard InChI is InChI=1S/C14H24N2O/c1-14(2,7-15)16(3)13(17)12-10-8-4-5-9(6-8)11(10)12/h8-12H,4-7,15H2,1-3H3. The number of hydrogen-bond acceptors (Lipinski definition) is 2. The summed E-state index contributed by atoms with van der Waals surface area (Å²) < 4.78 is 0. The van der Waals surface area contributed by atoms with Gasteiger partial charge in [-0.15, -0.1) is 0 Å². The Morgan fingerprint density at radius 1 is 1.29 bits per heavy atom. The van der Waals surface area contributed by atoms with Crippen LogP contribution in [0.1, 0.15) is 33.1 Å². The second-order valence-electron chi connectivity index (χ2n) is 6.93. The second-order valence-corrected chi connectivity index (χ2v) is 6.93. The SMILES string of the molecule is CN(C(=O)C1C2C3CCC(C3)C12)C(C)(C)CN. The molecule has 3 nitrogen and oxygen atoms in total. The lowest BCUT2D eigenvalue weighted by atomic mass is 9.98. The van der Waals surface area contributed by atoms with Gasteiger partial charge in [0.1, 0.15) is 0 Å². The van der Waals surface area contributed by atoms with Gasteiger partial charge in [0.05, 0.1) is 0 Å². The lowest BCUT2D eigenvalue weighted by Gasteiger charge is -2.35. The normalized spacial score (nSPS) is 42.5. The number of amides is 1. The van der Waals surface area contributed by atoms with Gasteiger partial charge in [-0.2, -0.15) is 0 Å². The lowest BCUT2D eigenvalue weighted by molar-refractivity contribution is -0.136. The van der Waals surface area contributed by atoms with E-state index in [0.717, 1.165) is 23.7 Å². The maximum atomic E-state index is 12.5. The van der Waals surface area contributed by atoms with Gasteiger partial charge < -0.3 is 10.6 Å². The predicted octanol–water partition coefficient (Wildman–Crippen LogP) is 1.47. The number of fused-ring (bicyclic) bond motifs is 5. The highest BCUT2D eigenvalue weighted by atomic mass is 16.2. The molecule has 2 bridgehead atoms. The van der Waals surface area contributed by atoms with Gasteiger partial charge in [-0.25, -0.2) is 0 Å². The van der Waals surface area contributed by atoms with E-state index in [1.807, 2.05) is 11.9 Å². The maximum Gasteiger partial charge on any atom is 0.226 e. The first-order valence-corrected chi connectivity index (χ1v) is 6.95. The van der Waals surface area contributed by atoms with E-state index in [-0.39, 0.29) is 5.54 Å². The molecule has 4 unspecified atom stereocenters. The molecule has 0 aromatic rings. The van der Waals surface area contributed by atoms with Crippen molar-refractivity contribution in [2.24, 2.45) is 35.3 Å². The second kappa shape index (κ2) is 3.47. The van der Waals surface area contributed by atoms with E-state index < -0.39 is 0 Å². The Labute approximate surface area is 104 Å². The van der Waals surface area contributed by atoms with Gasteiger partial charge >= 0.3 is 0 Å². The van der Waals surface area contributed by atoms with Crippen molar-refractivity contribution >= 4 is 5.91 Å². The van der Waals surface area contributed by atoms with Gasteiger partial charge in [0, 0.05) is 25.0 Å². The van der Waals surface area contributed by atoms with Crippen LogP contribution < -0.4 is 5.73 Å². The molecule has 0 aromatic heterocycles. The highest BCUT2D eigenvalue weighted by Crippen LogP contribution is 2.69. The van der Waals surface area contributed by atoms with E-state index in [1.165, 1.54) is 19.3 Å². The number of rotatable bonds is 3. The largest absolute Gasteiger partial charge is 0.339 e. The van der Waals surface area contributed by atoms with Crippen molar-refractivity contribution in [3.63, 3.8) is 0 Å². The van der Waals surface area contributed by atoms with Gasteiger partial charge in [-0.1, -0.05) is 0 Å². The number of hydrogen-bond donors (Lipinski definition) is 1. The lowest BCUT2D eigenvalue weighted by Crippen LogP contribution is -2.51. The Hall–Kier alpha value is -0.570. The Bertz CT molecular complexity index is 336. The molecule has 0 saturated heterocycles. The number of carbonyl (C=O) groups excluding carboxylic acids is 1. The summed E-state index contributed by atoms with van der Waals surface area (Å²) in [6.07, 6.45) is 4.16. The van der Waals surface area contributed by atoms with Crippen LogP contribution >= 0.6 is 0 Å². The number of likely N-dealkylation sites (N-methyl/N-ethyl adjacent to an activating group) is 1. The van der Waals surface area contributed by atoms with Crippen LogP contribution in [0.15, 0.2) is 0 Å². The molecule has 3 aliphatic rings. The van der Waals surface area contributed by atoms with Crippen molar-refractivity contribution in [3.8, 4) is 0 Å². The highest BCUT2D eigenvalue weighted by Gasteiger charge is 2.68. The summed E-state index contributed by atoms with van der Waals surface area (Å²) in [6, 6.07) is 0. The fourth-order valence-electron chi connectivity index (χ4n) is 4.31. The molecule has 0 aromatic carbocycles. The van der Waals surface area contributed by atoms with Crippen LogP contribution in [0.5, 0.6) is 0 Å². The highest BCUT2D eigenvalue weighted by molar-refractivity contribution is 5.83. The molecule has 96 valence electrons. The van der Waals surface area contributed by atoms with E-state index in [2.05, 4.69) is 13.8 Å². The topological polar surface area (TPSA) is 46.3 Å². The smallest absolute Gasteiger partial charge is 0.226 e. The Morgan fingerprint density at radius 3 is 2.29 bits per heavy atom. The first-order valence-electron chi connectivity index (χ1n) is 6.95. The zero-order valence-corrected chi connectivity index (χ0v) is 11.1. The van der Waals surface area contributed by atoms with Gasteiger partial charge in [-0.3, -0.25) is 4.79 Å². The molecule has 3 saturated carbocycles. The van der Waals surface area contributed by atoms with Crippen molar-refractivity contribution in [2.45, 2.75) is 38.6 Å². The zero-order chi connectivity index (χ0) is 12.4. The summed E-state index contributed by atoms with van der Waals surface area (Å²) in [7, 11) is 1.92. The van der Waals surface area contributed by atoms with Crippen LogP contribution in [0.4, 0.5) is 0 Å². The van der Waals surface area contributed by atoms with Crippen molar-refractivity contribution in [1.29, 1.82) is 0 Å². The van der Waals surface area contributed by atoms with Gasteiger partial charge in [0.15, 0.2) is 0 Å². The minimum atomic E-state index is -0.201. The third kappa shape index (κ3) is 1.48. The van der Waals surface area contributed by atoms with Crippen LogP contribution in [0, 0.1) is 29.6 Å². The molecule has 2 N–H and O–H groups in total. The molecule has 3 heteroatoms. The van der Waals surface area contributed by atoms with E-state index in [9.17, 15) is 4.79 Å². The monoisotopic (exact) mass is 236 g/mol. The minimum Gasteiger partial charge on any atom is -0.339 e. The first-order chi connectivity index (χ1) is 7.97. The molecule has 3 aliphatic carbocycles. The Morgan fingerprint density at radius 2 is 1.82 bits per heavy atom. The van der Waals surface area contributed by atoms with Crippen LogP contribution in [0.2, 0.25) is 0 Å². The molecule has 0 radical (unpaired) electrons. The Balaban J connectivity index is 1.70. The van der Waals surface area contributed by atoms with Crippen molar-refractivity contribution in [1.82, 2.24) is 4.90 Å². The molecule has 0 aliphatic heterocycles. The van der Waals surface area contributed by atoms with Gasteiger partial charge in [0.2, 0.25) is 5.91 Å². The fourth-order valence-corrected chi connectivity index (χ4v) is 4.31. The number of nitrogens with two attached hydrogens (primary N) is 1. The first kappa shape index (κ1) is 11.5. The molecule has 0 heterocycles. The third-order valence-electron chi connectivity index (χ3n) is 5.76. The van der Waals surface area contributed by atoms with Crippen molar-refractivity contribution in [2.75, 3.05) is 13.6 Å². The van der Waals surface area contributed by atoms with Gasteiger partial charge in [0.25, 0.3) is 0 Å². The Kier molecular flexibility index (Phi) is 2.35. The molecule has 4 atom stereocenters. The molecule has 0 spiro atoms. The summed E-state index contributed by atoms with van der Waals surface area (Å²) in [5.41, 5.74) is 5.55. The van der Waals surface area contributed by atoms with Crippen LogP contribution in [-0.2, 0) is 4.79 Å². The average molecular weight is 236 g/mol. The zero-order valence-electron chi connectivity index (χ0n) is 11.1. The summed E-state index contributed by atoms with van der Waals surface area (Å²) in [5, 5.41) is 0. The van der Waals surface area contributed by atoms with Crippen LogP contribution in [-0.4, -0.2) is 29.9 Å². The molecular formula is C14H24N2O. The van der Waals surface area contributed by atoms with Gasteiger partial charge in [-0.05, 0) is 56.8 Å². The molecule has 17 heavy (non-hydrogen) atoms. The van der Waals surface area contributed by atoms with E-state index >= 15 is 0 Å². The summed E-state index contributed by atoms with van der Waals surface area (Å²) in [4.78, 5) is 14.4. The van der Waals surface area contributed by atoms with E-state index in [0.29, 0.717) is 18.4 Å². The summed E-state index contributed by atoms with van der Waals surface area (Å²) in [6.45, 7) is 4.64. The summed E-state index contributed by atoms with van der Waals surface area (Å²) in [5.74, 6) is 3.90. The minimum absolute atomic E-state index is 0.201. The van der Waals surface area contributed by atoms with E-state index in [1.54, 1.807) is 0 Å². The predicted molar refractivity (Wildman–Crippen MR) is 67.2 cm³/mol. The molecule has 3 rings (SSSR count). The van der Waals surface area contributed by atoms with Crippen molar-refractivity contribution < 1.29 is 4.79 Å². The molecular weight excluding hydrogens is 212 g/mol. The fraction of sp³-hybridized carbons (Fsp3) is 0.929.